The van der Waals surface area contributed by atoms with Gasteiger partial charge in [-0.1, -0.05) is 6.07 Å². The van der Waals surface area contributed by atoms with Crippen molar-refractivity contribution in [1.82, 2.24) is 0 Å². The van der Waals surface area contributed by atoms with Crippen LogP contribution in [0.3, 0.4) is 0 Å². The van der Waals surface area contributed by atoms with Crippen molar-refractivity contribution in [3.8, 4) is 74.6 Å². The van der Waals surface area contributed by atoms with Gasteiger partial charge in [0, 0.05) is 42.0 Å². The molecule has 56 heavy (non-hydrogen) atoms. The number of hydrogen-bond acceptors (Lipinski definition) is 17. The number of fused-ring (bicyclic) bond motifs is 2. The molecule has 0 amide bonds. The van der Waals surface area contributed by atoms with Crippen LogP contribution in [0.15, 0.2) is 59.0 Å². The third-order valence-electron chi connectivity index (χ3n) is 9.81. The van der Waals surface area contributed by atoms with Crippen LogP contribution in [0, 0.1) is 0 Å². The molecule has 0 spiro atoms. The van der Waals surface area contributed by atoms with Gasteiger partial charge < -0.3 is 85.0 Å². The van der Waals surface area contributed by atoms with Gasteiger partial charge in [0.25, 0.3) is 0 Å². The zero-order valence-electron chi connectivity index (χ0n) is 29.3. The molecular weight excluding hydrogens is 744 g/mol. The molecule has 2 aliphatic rings. The van der Waals surface area contributed by atoms with E-state index in [9.17, 15) is 61.3 Å². The van der Waals surface area contributed by atoms with Crippen LogP contribution < -0.4 is 18.9 Å². The average molecular weight is 782 g/mol. The number of ether oxygens (including phenoxy) is 5. The molecule has 0 radical (unpaired) electrons. The zero-order chi connectivity index (χ0) is 40.3. The first kappa shape index (κ1) is 38.1. The van der Waals surface area contributed by atoms with E-state index in [0.29, 0.717) is 0 Å². The molecule has 0 unspecified atom stereocenters. The van der Waals surface area contributed by atoms with E-state index >= 15 is 0 Å². The largest absolute Gasteiger partial charge is 0.508 e. The molecule has 18 heteroatoms. The molecule has 1 aromatic heterocycles. The number of benzene rings is 4. The van der Waals surface area contributed by atoms with Gasteiger partial charge in [-0.25, -0.2) is 4.42 Å². The molecule has 5 aromatic rings. The highest BCUT2D eigenvalue weighted by Crippen LogP contribution is 2.55. The minimum absolute atomic E-state index is 0.0462. The second-order valence-corrected chi connectivity index (χ2v) is 13.2. The Hall–Kier alpha value is -6.15. The van der Waals surface area contributed by atoms with E-state index in [-0.39, 0.29) is 62.0 Å². The Balaban J connectivity index is 1.50. The van der Waals surface area contributed by atoms with E-state index in [1.54, 1.807) is 0 Å². The normalized spacial score (nSPS) is 24.6. The summed E-state index contributed by atoms with van der Waals surface area (Å²) >= 11 is 0. The Bertz CT molecular complexity index is 2280. The second kappa shape index (κ2) is 14.5. The second-order valence-electron chi connectivity index (χ2n) is 13.2. The number of phenols is 7. The SMILES string of the molecule is COc1cc(-c2[o+]c3c([C@@H]4c5c(O)cc(O)cc5O[C@H](c5ccc(O)c(O)c5)[C@H]4O)c(O)cc(O)c3cc2O[C@@H]2O[C@H](CO)[C@H](O)[C@H](O)[C@H]2O)cc(OC)c1O. The minimum atomic E-state index is -1.89. The number of hydrogen-bond donors (Lipinski definition) is 12. The molecule has 8 atom stereocenters. The van der Waals surface area contributed by atoms with Crippen molar-refractivity contribution in [2.24, 2.45) is 0 Å². The Kier molecular flexibility index (Phi) is 9.87. The summed E-state index contributed by atoms with van der Waals surface area (Å²) in [5.41, 5.74) is -0.540. The van der Waals surface area contributed by atoms with Gasteiger partial charge in [0.1, 0.15) is 70.2 Å². The fraction of sp³-hybridized carbons (Fsp3) is 0.289. The first-order valence-corrected chi connectivity index (χ1v) is 16.9. The molecule has 3 heterocycles. The summed E-state index contributed by atoms with van der Waals surface area (Å²) in [7, 11) is 2.52. The number of phenolic OH excluding ortho intramolecular Hbond substituents is 7. The third-order valence-corrected chi connectivity index (χ3v) is 9.81. The molecular formula is C38H37O18+. The quantitative estimate of drug-likeness (QED) is 0.0793. The van der Waals surface area contributed by atoms with Gasteiger partial charge in [0.05, 0.1) is 32.3 Å². The maximum atomic E-state index is 12.1. The van der Waals surface area contributed by atoms with E-state index in [2.05, 4.69) is 0 Å². The number of aliphatic hydroxyl groups is 5. The third kappa shape index (κ3) is 6.33. The molecule has 1 fully saturated rings. The molecule has 4 aromatic carbocycles. The van der Waals surface area contributed by atoms with E-state index < -0.39 is 95.7 Å². The lowest BCUT2D eigenvalue weighted by Gasteiger charge is -2.39. The lowest BCUT2D eigenvalue weighted by molar-refractivity contribution is -0.277. The van der Waals surface area contributed by atoms with Crippen LogP contribution in [0.4, 0.5) is 0 Å². The van der Waals surface area contributed by atoms with Crippen molar-refractivity contribution in [3.05, 3.63) is 71.3 Å². The van der Waals surface area contributed by atoms with E-state index in [1.807, 2.05) is 0 Å². The van der Waals surface area contributed by atoms with Crippen LogP contribution in [0.25, 0.3) is 22.3 Å². The molecule has 0 aliphatic carbocycles. The number of rotatable bonds is 8. The first-order valence-electron chi connectivity index (χ1n) is 16.9. The summed E-state index contributed by atoms with van der Waals surface area (Å²) in [6.45, 7) is -0.778. The molecule has 18 nitrogen and oxygen atoms in total. The smallest absolute Gasteiger partial charge is 0.402 e. The lowest BCUT2D eigenvalue weighted by Crippen LogP contribution is -2.60. The highest BCUT2D eigenvalue weighted by atomic mass is 16.7. The van der Waals surface area contributed by atoms with Crippen molar-refractivity contribution < 1.29 is 89.4 Å². The van der Waals surface area contributed by atoms with Crippen molar-refractivity contribution in [1.29, 1.82) is 0 Å². The summed E-state index contributed by atoms with van der Waals surface area (Å²) in [5, 5.41) is 129. The molecule has 7 rings (SSSR count). The van der Waals surface area contributed by atoms with Gasteiger partial charge in [-0.3, -0.25) is 0 Å². The lowest BCUT2D eigenvalue weighted by atomic mass is 9.78. The zero-order valence-corrected chi connectivity index (χ0v) is 29.3. The maximum Gasteiger partial charge on any atom is 0.402 e. The Labute approximate surface area is 315 Å². The van der Waals surface area contributed by atoms with E-state index in [4.69, 9.17) is 28.1 Å². The molecule has 0 saturated carbocycles. The van der Waals surface area contributed by atoms with E-state index in [1.165, 1.54) is 38.5 Å². The first-order chi connectivity index (χ1) is 26.7. The van der Waals surface area contributed by atoms with Crippen LogP contribution in [-0.4, -0.2) is 119 Å². The predicted molar refractivity (Wildman–Crippen MR) is 189 cm³/mol. The Morgan fingerprint density at radius 3 is 1.98 bits per heavy atom. The Morgan fingerprint density at radius 1 is 0.661 bits per heavy atom. The van der Waals surface area contributed by atoms with Crippen LogP contribution in [-0.2, 0) is 4.74 Å². The van der Waals surface area contributed by atoms with Gasteiger partial charge in [0.15, 0.2) is 29.1 Å². The van der Waals surface area contributed by atoms with Crippen molar-refractivity contribution >= 4 is 11.0 Å². The van der Waals surface area contributed by atoms with Gasteiger partial charge in [0.2, 0.25) is 17.8 Å². The van der Waals surface area contributed by atoms with Crippen LogP contribution in [0.2, 0.25) is 0 Å². The van der Waals surface area contributed by atoms with Gasteiger partial charge in [-0.15, -0.1) is 0 Å². The molecule has 2 aliphatic heterocycles. The molecule has 0 bridgehead atoms. The minimum Gasteiger partial charge on any atom is -0.508 e. The van der Waals surface area contributed by atoms with Crippen molar-refractivity contribution in [3.63, 3.8) is 0 Å². The summed E-state index contributed by atoms with van der Waals surface area (Å²) < 4.78 is 34.7. The number of aromatic hydroxyl groups is 7. The molecule has 296 valence electrons. The van der Waals surface area contributed by atoms with Crippen LogP contribution >= 0.6 is 0 Å². The van der Waals surface area contributed by atoms with Crippen LogP contribution in [0.5, 0.6) is 63.2 Å². The Morgan fingerprint density at radius 2 is 1.34 bits per heavy atom. The highest BCUT2D eigenvalue weighted by molar-refractivity contribution is 5.92. The van der Waals surface area contributed by atoms with Gasteiger partial charge in [-0.2, -0.15) is 0 Å². The fourth-order valence-electron chi connectivity index (χ4n) is 7.02. The average Bonchev–Trinajstić information content (AvgIpc) is 3.16. The van der Waals surface area contributed by atoms with Gasteiger partial charge >= 0.3 is 11.3 Å². The standard InChI is InChI=1S/C38H36O18/c1-51-23-6-14(7-24(52-2)30(23)46)35-25(54-38-34(50)33(49)31(47)26(12-39)55-38)10-16-18(42)11-21(45)28(37(16)56-35)29-27-20(44)8-15(40)9-22(27)53-36(32(29)48)13-3-4-17(41)19(43)5-13/h3-11,26,29,31-34,36,38-39,47-50H,12H2,1-2H3,(H6-,40,41,42,43,44,45,46)/p+1/t26-,29+,31+,32+,33+,34-,36-,38-/m1/s1. The highest BCUT2D eigenvalue weighted by Gasteiger charge is 2.48. The number of aliphatic hydroxyl groups excluding tert-OH is 5. The van der Waals surface area contributed by atoms with Crippen molar-refractivity contribution in [2.75, 3.05) is 20.8 Å². The fourth-order valence-corrected chi connectivity index (χ4v) is 7.02. The topological polar surface area (TPSA) is 300 Å². The summed E-state index contributed by atoms with van der Waals surface area (Å²) in [6, 6.07) is 10.4. The van der Waals surface area contributed by atoms with Gasteiger partial charge in [-0.05, 0) is 17.7 Å². The number of methoxy groups -OCH3 is 2. The predicted octanol–water partition coefficient (Wildman–Crippen LogP) is 2.14. The maximum absolute atomic E-state index is 12.1. The summed E-state index contributed by atoms with van der Waals surface area (Å²) in [6.07, 6.45) is -11.7. The van der Waals surface area contributed by atoms with Crippen molar-refractivity contribution in [2.45, 2.75) is 48.8 Å². The molecule has 1 saturated heterocycles. The monoisotopic (exact) mass is 781 g/mol. The van der Waals surface area contributed by atoms with Crippen LogP contribution in [0.1, 0.15) is 28.7 Å². The summed E-state index contributed by atoms with van der Waals surface area (Å²) in [4.78, 5) is 0. The molecule has 12 N–H and O–H groups in total. The summed E-state index contributed by atoms with van der Waals surface area (Å²) in [5.74, 6) is -6.20. The van der Waals surface area contributed by atoms with E-state index in [0.717, 1.165) is 30.3 Å².